The van der Waals surface area contributed by atoms with Gasteiger partial charge in [0.25, 0.3) is 0 Å². The Balaban J connectivity index is 1.53. The molecule has 3 heterocycles. The third-order valence-corrected chi connectivity index (χ3v) is 5.63. The van der Waals surface area contributed by atoms with Crippen molar-refractivity contribution in [2.45, 2.75) is 19.2 Å². The van der Waals surface area contributed by atoms with Crippen LogP contribution in [0.2, 0.25) is 10.0 Å². The molecule has 0 saturated heterocycles. The summed E-state index contributed by atoms with van der Waals surface area (Å²) in [5, 5.41) is 9.44. The van der Waals surface area contributed by atoms with Crippen LogP contribution in [0.3, 0.4) is 0 Å². The average Bonchev–Trinajstić information content (AvgIpc) is 3.22. The summed E-state index contributed by atoms with van der Waals surface area (Å²) in [5.41, 5.74) is 2.33. The summed E-state index contributed by atoms with van der Waals surface area (Å²) in [6.07, 6.45) is 0.909. The number of hydrogen-bond donors (Lipinski definition) is 1. The third kappa shape index (κ3) is 4.42. The third-order valence-electron chi connectivity index (χ3n) is 5.03. The van der Waals surface area contributed by atoms with E-state index in [0.29, 0.717) is 52.9 Å². The van der Waals surface area contributed by atoms with E-state index in [-0.39, 0.29) is 11.6 Å². The molecule has 0 fully saturated rings. The number of aliphatic hydroxyl groups is 1. The van der Waals surface area contributed by atoms with Crippen LogP contribution in [0.25, 0.3) is 16.9 Å². The van der Waals surface area contributed by atoms with Crippen LogP contribution in [-0.4, -0.2) is 28.2 Å². The van der Waals surface area contributed by atoms with Crippen LogP contribution in [0, 0.1) is 0 Å². The Morgan fingerprint density at radius 3 is 2.55 bits per heavy atom. The second-order valence-electron chi connectivity index (χ2n) is 6.93. The minimum Gasteiger partial charge on any atom is -0.443 e. The normalized spacial score (nSPS) is 14.6. The van der Waals surface area contributed by atoms with Gasteiger partial charge in [-0.3, -0.25) is 4.98 Å². The molecule has 0 radical (unpaired) electrons. The number of hydrogen-bond acceptors (Lipinski definition) is 5. The molecule has 0 bridgehead atoms. The van der Waals surface area contributed by atoms with E-state index in [1.54, 1.807) is 12.3 Å². The highest BCUT2D eigenvalue weighted by molar-refractivity contribution is 6.32. The quantitative estimate of drug-likeness (QED) is 0.519. The molecule has 5 nitrogen and oxygen atoms in total. The molecule has 1 aromatic carbocycles. The fourth-order valence-corrected chi connectivity index (χ4v) is 4.03. The van der Waals surface area contributed by atoms with E-state index in [2.05, 4.69) is 9.97 Å². The van der Waals surface area contributed by atoms with E-state index in [1.807, 2.05) is 11.0 Å². The van der Waals surface area contributed by atoms with Gasteiger partial charge in [0.1, 0.15) is 5.69 Å². The maximum atomic E-state index is 12.9. The maximum absolute atomic E-state index is 12.9. The van der Waals surface area contributed by atoms with Gasteiger partial charge >= 0.3 is 6.18 Å². The number of halogens is 5. The average molecular weight is 470 g/mol. The first kappa shape index (κ1) is 21.7. The van der Waals surface area contributed by atoms with Gasteiger partial charge < -0.3 is 14.4 Å². The van der Waals surface area contributed by atoms with E-state index in [9.17, 15) is 18.3 Å². The molecule has 1 aliphatic heterocycles. The molecule has 2 aromatic heterocycles. The van der Waals surface area contributed by atoms with Crippen molar-refractivity contribution in [3.8, 4) is 11.3 Å². The number of benzene rings is 1. The second-order valence-corrected chi connectivity index (χ2v) is 7.74. The van der Waals surface area contributed by atoms with Gasteiger partial charge in [-0.05, 0) is 36.3 Å². The Bertz CT molecular complexity index is 1150. The van der Waals surface area contributed by atoms with Crippen molar-refractivity contribution in [3.05, 3.63) is 69.9 Å². The number of aliphatic hydroxyl groups excluding tert-OH is 1. The number of anilines is 1. The highest BCUT2D eigenvalue weighted by Crippen LogP contribution is 2.37. The summed E-state index contributed by atoms with van der Waals surface area (Å²) in [6, 6.07) is 5.45. The van der Waals surface area contributed by atoms with E-state index < -0.39 is 11.7 Å². The van der Waals surface area contributed by atoms with E-state index in [0.717, 1.165) is 11.6 Å². The molecule has 0 saturated carbocycles. The van der Waals surface area contributed by atoms with Crippen LogP contribution in [-0.2, 0) is 12.8 Å². The molecule has 0 amide bonds. The van der Waals surface area contributed by atoms with Crippen LogP contribution in [0.15, 0.2) is 47.3 Å². The van der Waals surface area contributed by atoms with E-state index in [1.165, 1.54) is 18.5 Å². The Morgan fingerprint density at radius 2 is 1.94 bits per heavy atom. The van der Waals surface area contributed by atoms with Crippen molar-refractivity contribution in [3.63, 3.8) is 0 Å². The lowest BCUT2D eigenvalue weighted by molar-refractivity contribution is -0.137. The smallest absolute Gasteiger partial charge is 0.417 e. The second kappa shape index (κ2) is 8.53. The summed E-state index contributed by atoms with van der Waals surface area (Å²) in [6.45, 7) is 0.789. The molecule has 4 rings (SSSR count). The monoisotopic (exact) mass is 469 g/mol. The van der Waals surface area contributed by atoms with Gasteiger partial charge in [0.15, 0.2) is 12.2 Å². The molecule has 10 heteroatoms. The van der Waals surface area contributed by atoms with Crippen LogP contribution in [0.1, 0.15) is 23.4 Å². The molecule has 3 aromatic rings. The molecule has 31 heavy (non-hydrogen) atoms. The predicted octanol–water partition coefficient (Wildman–Crippen LogP) is 5.85. The van der Waals surface area contributed by atoms with Gasteiger partial charge in [0.05, 0.1) is 27.9 Å². The lowest BCUT2D eigenvalue weighted by atomic mass is 10.0. The zero-order chi connectivity index (χ0) is 22.2. The van der Waals surface area contributed by atoms with Gasteiger partial charge in [-0.15, -0.1) is 0 Å². The van der Waals surface area contributed by atoms with Crippen molar-refractivity contribution in [1.82, 2.24) is 9.97 Å². The topological polar surface area (TPSA) is 62.4 Å². The zero-order valence-corrected chi connectivity index (χ0v) is 17.5. The Morgan fingerprint density at radius 1 is 1.13 bits per heavy atom. The number of aromatic nitrogens is 2. The molecule has 0 atom stereocenters. The van der Waals surface area contributed by atoms with Crippen LogP contribution >= 0.6 is 23.2 Å². The number of nitrogens with zero attached hydrogens (tertiary/aromatic N) is 3. The SMILES string of the molecule is OCc1ncoc1-c1cnc(C2=CCN(c3ccc(C(F)(F)F)c(Cl)c3)CC2)c(Cl)c1. The molecular formula is C21H16Cl2F3N3O2. The molecule has 0 unspecified atom stereocenters. The fourth-order valence-electron chi connectivity index (χ4n) is 3.46. The van der Waals surface area contributed by atoms with Gasteiger partial charge in [0, 0.05) is 30.5 Å². The molecule has 162 valence electrons. The highest BCUT2D eigenvalue weighted by atomic mass is 35.5. The van der Waals surface area contributed by atoms with Crippen LogP contribution in [0.4, 0.5) is 18.9 Å². The first-order valence-electron chi connectivity index (χ1n) is 9.28. The molecule has 0 aliphatic carbocycles. The lowest BCUT2D eigenvalue weighted by Gasteiger charge is -2.29. The minimum atomic E-state index is -4.48. The van der Waals surface area contributed by atoms with Crippen molar-refractivity contribution >= 4 is 34.5 Å². The molecular weight excluding hydrogens is 454 g/mol. The number of rotatable bonds is 4. The first-order valence-corrected chi connectivity index (χ1v) is 10.0. The standard InChI is InChI=1S/C21H16Cl2F3N3O2/c22-16-8-14(1-2-15(16)21(24,25)26)29-5-3-12(4-6-29)19-17(23)7-13(9-27-19)20-18(10-30)28-11-31-20/h1-3,7-9,11,30H,4-6,10H2. The molecule has 1 N–H and O–H groups in total. The highest BCUT2D eigenvalue weighted by Gasteiger charge is 2.33. The van der Waals surface area contributed by atoms with E-state index >= 15 is 0 Å². The fraction of sp³-hybridized carbons (Fsp3) is 0.238. The predicted molar refractivity (Wildman–Crippen MR) is 112 cm³/mol. The van der Waals surface area contributed by atoms with E-state index in [4.69, 9.17) is 27.6 Å². The van der Waals surface area contributed by atoms with Crippen molar-refractivity contribution in [2.24, 2.45) is 0 Å². The summed E-state index contributed by atoms with van der Waals surface area (Å²) >= 11 is 12.3. The Kier molecular flexibility index (Phi) is 5.96. The largest absolute Gasteiger partial charge is 0.443 e. The minimum absolute atomic E-state index is 0.264. The summed E-state index contributed by atoms with van der Waals surface area (Å²) in [7, 11) is 0. The number of alkyl halides is 3. The van der Waals surface area contributed by atoms with Crippen molar-refractivity contribution in [1.29, 1.82) is 0 Å². The van der Waals surface area contributed by atoms with Gasteiger partial charge in [-0.1, -0.05) is 29.3 Å². The first-order chi connectivity index (χ1) is 14.8. The van der Waals surface area contributed by atoms with Crippen LogP contribution < -0.4 is 4.90 Å². The molecule has 1 aliphatic rings. The van der Waals surface area contributed by atoms with Crippen molar-refractivity contribution < 1.29 is 22.7 Å². The van der Waals surface area contributed by atoms with Crippen LogP contribution in [0.5, 0.6) is 0 Å². The summed E-state index contributed by atoms with van der Waals surface area (Å²) in [4.78, 5) is 10.3. The summed E-state index contributed by atoms with van der Waals surface area (Å²) < 4.78 is 44.0. The summed E-state index contributed by atoms with van der Waals surface area (Å²) in [5.74, 6) is 0.409. The zero-order valence-electron chi connectivity index (χ0n) is 16.0. The van der Waals surface area contributed by atoms with Gasteiger partial charge in [-0.25, -0.2) is 4.98 Å². The Labute approximate surface area is 185 Å². The molecule has 0 spiro atoms. The Hall–Kier alpha value is -2.55. The lowest BCUT2D eigenvalue weighted by Crippen LogP contribution is -2.28. The van der Waals surface area contributed by atoms with Crippen molar-refractivity contribution in [2.75, 3.05) is 18.0 Å². The van der Waals surface area contributed by atoms with Gasteiger partial charge in [0.2, 0.25) is 0 Å². The maximum Gasteiger partial charge on any atom is 0.417 e. The van der Waals surface area contributed by atoms with Gasteiger partial charge in [-0.2, -0.15) is 13.2 Å². The number of pyridine rings is 1. The number of oxazole rings is 1.